The molecule has 2 rings (SSSR count). The molecule has 1 amide bonds. The third kappa shape index (κ3) is 4.36. The molecular weight excluding hydrogens is 324 g/mol. The van der Waals surface area contributed by atoms with Gasteiger partial charge in [-0.1, -0.05) is 18.2 Å². The second kappa shape index (κ2) is 6.73. The van der Waals surface area contributed by atoms with E-state index in [1.54, 1.807) is 16.2 Å². The summed E-state index contributed by atoms with van der Waals surface area (Å²) in [6.45, 7) is 0.948. The Hall–Kier alpha value is -1.33. The van der Waals surface area contributed by atoms with Crippen molar-refractivity contribution in [2.45, 2.75) is 6.54 Å². The van der Waals surface area contributed by atoms with Gasteiger partial charge in [-0.15, -0.1) is 11.3 Å². The van der Waals surface area contributed by atoms with Crippen molar-refractivity contribution < 1.29 is 4.79 Å². The molecule has 1 heterocycles. The van der Waals surface area contributed by atoms with E-state index >= 15 is 0 Å². The maximum absolute atomic E-state index is 12.0. The third-order valence-electron chi connectivity index (χ3n) is 2.68. The maximum Gasteiger partial charge on any atom is 0.241 e. The molecular formula is C14H15BrN2OS. The molecule has 19 heavy (non-hydrogen) atoms. The summed E-state index contributed by atoms with van der Waals surface area (Å²) in [6, 6.07) is 11.8. The molecule has 0 radical (unpaired) electrons. The molecule has 0 atom stereocenters. The first-order valence-electron chi connectivity index (χ1n) is 5.91. The smallest absolute Gasteiger partial charge is 0.241 e. The number of rotatable bonds is 5. The van der Waals surface area contributed by atoms with Crippen LogP contribution in [0.25, 0.3) is 0 Å². The number of halogens is 1. The molecule has 0 fully saturated rings. The van der Waals surface area contributed by atoms with E-state index in [1.807, 2.05) is 43.4 Å². The normalized spacial score (nSPS) is 10.2. The number of hydrogen-bond acceptors (Lipinski definition) is 3. The number of thiophene rings is 1. The second-order valence-corrected chi connectivity index (χ2v) is 6.52. The first-order valence-corrected chi connectivity index (χ1v) is 7.58. The van der Waals surface area contributed by atoms with Crippen molar-refractivity contribution in [3.05, 3.63) is 51.1 Å². The van der Waals surface area contributed by atoms with Gasteiger partial charge in [0.05, 0.1) is 10.3 Å². The molecule has 0 bridgehead atoms. The summed E-state index contributed by atoms with van der Waals surface area (Å²) in [6.07, 6.45) is 0. The maximum atomic E-state index is 12.0. The SMILES string of the molecule is CN(Cc1csc(Br)c1)C(=O)CNc1ccccc1. The summed E-state index contributed by atoms with van der Waals surface area (Å²) in [7, 11) is 1.82. The molecule has 5 heteroatoms. The van der Waals surface area contributed by atoms with Crippen LogP contribution < -0.4 is 5.32 Å². The lowest BCUT2D eigenvalue weighted by atomic mass is 10.3. The van der Waals surface area contributed by atoms with Gasteiger partial charge in [0.1, 0.15) is 0 Å². The summed E-state index contributed by atoms with van der Waals surface area (Å²) in [4.78, 5) is 13.7. The molecule has 1 aromatic carbocycles. The molecule has 0 aliphatic rings. The van der Waals surface area contributed by atoms with E-state index in [9.17, 15) is 4.79 Å². The second-order valence-electron chi connectivity index (χ2n) is 4.23. The number of carbonyl (C=O) groups is 1. The topological polar surface area (TPSA) is 32.3 Å². The monoisotopic (exact) mass is 338 g/mol. The Morgan fingerprint density at radius 1 is 1.37 bits per heavy atom. The zero-order valence-corrected chi connectivity index (χ0v) is 13.0. The number of hydrogen-bond donors (Lipinski definition) is 1. The summed E-state index contributed by atoms with van der Waals surface area (Å²) in [5, 5.41) is 5.17. The molecule has 0 aliphatic heterocycles. The summed E-state index contributed by atoms with van der Waals surface area (Å²) in [5.41, 5.74) is 2.11. The number of nitrogens with zero attached hydrogens (tertiary/aromatic N) is 1. The zero-order chi connectivity index (χ0) is 13.7. The summed E-state index contributed by atoms with van der Waals surface area (Å²) < 4.78 is 1.09. The highest BCUT2D eigenvalue weighted by molar-refractivity contribution is 9.11. The molecule has 0 unspecified atom stereocenters. The molecule has 3 nitrogen and oxygen atoms in total. The van der Waals surface area contributed by atoms with Gasteiger partial charge in [0, 0.05) is 19.3 Å². The minimum absolute atomic E-state index is 0.0752. The fourth-order valence-electron chi connectivity index (χ4n) is 1.66. The molecule has 1 N–H and O–H groups in total. The zero-order valence-electron chi connectivity index (χ0n) is 10.6. The van der Waals surface area contributed by atoms with Gasteiger partial charge in [-0.05, 0) is 45.1 Å². The number of likely N-dealkylation sites (N-methyl/N-ethyl adjacent to an activating group) is 1. The highest BCUT2D eigenvalue weighted by Crippen LogP contribution is 2.21. The van der Waals surface area contributed by atoms with Crippen molar-refractivity contribution in [3.63, 3.8) is 0 Å². The van der Waals surface area contributed by atoms with Gasteiger partial charge in [0.25, 0.3) is 0 Å². The number of carbonyl (C=O) groups excluding carboxylic acids is 1. The van der Waals surface area contributed by atoms with Gasteiger partial charge in [0.2, 0.25) is 5.91 Å². The number of nitrogens with one attached hydrogen (secondary N) is 1. The van der Waals surface area contributed by atoms with E-state index in [4.69, 9.17) is 0 Å². The largest absolute Gasteiger partial charge is 0.376 e. The van der Waals surface area contributed by atoms with Crippen LogP contribution in [0.5, 0.6) is 0 Å². The van der Waals surface area contributed by atoms with E-state index in [0.29, 0.717) is 13.1 Å². The van der Waals surface area contributed by atoms with E-state index < -0.39 is 0 Å². The van der Waals surface area contributed by atoms with Crippen LogP contribution >= 0.6 is 27.3 Å². The van der Waals surface area contributed by atoms with Crippen LogP contribution in [0.15, 0.2) is 45.6 Å². The molecule has 0 saturated carbocycles. The van der Waals surface area contributed by atoms with Crippen molar-refractivity contribution in [2.75, 3.05) is 18.9 Å². The standard InChI is InChI=1S/C14H15BrN2OS/c1-17(9-11-7-13(15)19-10-11)14(18)8-16-12-5-3-2-4-6-12/h2-7,10,16H,8-9H2,1H3. The van der Waals surface area contributed by atoms with Crippen LogP contribution in [0.1, 0.15) is 5.56 Å². The van der Waals surface area contributed by atoms with Crippen molar-refractivity contribution in [3.8, 4) is 0 Å². The van der Waals surface area contributed by atoms with Crippen LogP contribution in [0.4, 0.5) is 5.69 Å². The fourth-order valence-corrected chi connectivity index (χ4v) is 2.86. The Morgan fingerprint density at radius 3 is 2.74 bits per heavy atom. The van der Waals surface area contributed by atoms with E-state index in [1.165, 1.54) is 0 Å². The lowest BCUT2D eigenvalue weighted by Gasteiger charge is -2.17. The average Bonchev–Trinajstić information content (AvgIpc) is 2.82. The Bertz CT molecular complexity index is 541. The molecule has 100 valence electrons. The van der Waals surface area contributed by atoms with Crippen molar-refractivity contribution >= 4 is 38.9 Å². The van der Waals surface area contributed by atoms with Crippen LogP contribution in [0.2, 0.25) is 0 Å². The van der Waals surface area contributed by atoms with Gasteiger partial charge in [0.15, 0.2) is 0 Å². The van der Waals surface area contributed by atoms with Crippen molar-refractivity contribution in [1.29, 1.82) is 0 Å². The molecule has 0 spiro atoms. The van der Waals surface area contributed by atoms with E-state index in [2.05, 4.69) is 26.6 Å². The van der Waals surface area contributed by atoms with Crippen LogP contribution in [-0.4, -0.2) is 24.4 Å². The van der Waals surface area contributed by atoms with E-state index in [-0.39, 0.29) is 5.91 Å². The highest BCUT2D eigenvalue weighted by Gasteiger charge is 2.09. The minimum Gasteiger partial charge on any atom is -0.376 e. The Labute approximate surface area is 125 Å². The lowest BCUT2D eigenvalue weighted by Crippen LogP contribution is -2.31. The lowest BCUT2D eigenvalue weighted by molar-refractivity contribution is -0.128. The Balaban J connectivity index is 1.82. The molecule has 1 aromatic heterocycles. The summed E-state index contributed by atoms with van der Waals surface area (Å²) >= 11 is 5.05. The third-order valence-corrected chi connectivity index (χ3v) is 4.24. The van der Waals surface area contributed by atoms with Gasteiger partial charge >= 0.3 is 0 Å². The van der Waals surface area contributed by atoms with Gasteiger partial charge < -0.3 is 10.2 Å². The predicted octanol–water partition coefficient (Wildman–Crippen LogP) is 3.58. The van der Waals surface area contributed by atoms with E-state index in [0.717, 1.165) is 15.0 Å². The van der Waals surface area contributed by atoms with Crippen molar-refractivity contribution in [1.82, 2.24) is 4.90 Å². The van der Waals surface area contributed by atoms with Crippen LogP contribution in [0, 0.1) is 0 Å². The van der Waals surface area contributed by atoms with Crippen molar-refractivity contribution in [2.24, 2.45) is 0 Å². The first kappa shape index (κ1) is 14.1. The summed E-state index contributed by atoms with van der Waals surface area (Å²) in [5.74, 6) is 0.0752. The quantitative estimate of drug-likeness (QED) is 0.903. The Kier molecular flexibility index (Phi) is 4.99. The van der Waals surface area contributed by atoms with Crippen LogP contribution in [-0.2, 0) is 11.3 Å². The van der Waals surface area contributed by atoms with Gasteiger partial charge in [-0.2, -0.15) is 0 Å². The Morgan fingerprint density at radius 2 is 2.11 bits per heavy atom. The number of para-hydroxylation sites is 1. The average molecular weight is 339 g/mol. The fraction of sp³-hybridized carbons (Fsp3) is 0.214. The molecule has 0 saturated heterocycles. The van der Waals surface area contributed by atoms with Crippen LogP contribution in [0.3, 0.4) is 0 Å². The molecule has 2 aromatic rings. The predicted molar refractivity (Wildman–Crippen MR) is 83.4 cm³/mol. The first-order chi connectivity index (χ1) is 9.15. The molecule has 0 aliphatic carbocycles. The number of anilines is 1. The van der Waals surface area contributed by atoms with Gasteiger partial charge in [-0.3, -0.25) is 4.79 Å². The van der Waals surface area contributed by atoms with Gasteiger partial charge in [-0.25, -0.2) is 0 Å². The minimum atomic E-state index is 0.0752. The number of benzene rings is 1. The number of amides is 1. The highest BCUT2D eigenvalue weighted by atomic mass is 79.9.